The standard InChI is InChI=1S/C14H17N3OS/c1-9-6-4-5-7-11(9)8-17(3)13(18)12-10(2)16-14(15)19-12/h4-7H,8H2,1-3H3,(H2,15,16). The molecule has 5 heteroatoms. The molecule has 19 heavy (non-hydrogen) atoms. The molecule has 0 radical (unpaired) electrons. The monoisotopic (exact) mass is 275 g/mol. The molecule has 2 rings (SSSR count). The van der Waals surface area contributed by atoms with Crippen molar-refractivity contribution < 1.29 is 4.79 Å². The molecular weight excluding hydrogens is 258 g/mol. The lowest BCUT2D eigenvalue weighted by molar-refractivity contribution is 0.0789. The van der Waals surface area contributed by atoms with E-state index in [1.54, 1.807) is 11.9 Å². The second-order valence-electron chi connectivity index (χ2n) is 4.55. The van der Waals surface area contributed by atoms with Crippen LogP contribution >= 0.6 is 11.3 Å². The summed E-state index contributed by atoms with van der Waals surface area (Å²) >= 11 is 1.24. The predicted molar refractivity (Wildman–Crippen MR) is 78.2 cm³/mol. The Morgan fingerprint density at radius 3 is 2.63 bits per heavy atom. The minimum absolute atomic E-state index is 0.0325. The first kappa shape index (κ1) is 13.5. The highest BCUT2D eigenvalue weighted by Gasteiger charge is 2.18. The van der Waals surface area contributed by atoms with E-state index in [0.717, 1.165) is 5.56 Å². The van der Waals surface area contributed by atoms with E-state index in [9.17, 15) is 4.79 Å². The van der Waals surface area contributed by atoms with Crippen LogP contribution in [0.4, 0.5) is 5.13 Å². The number of nitrogens with two attached hydrogens (primary N) is 1. The number of aryl methyl sites for hydroxylation is 2. The minimum atomic E-state index is -0.0325. The first-order valence-electron chi connectivity index (χ1n) is 6.02. The number of nitrogen functional groups attached to an aromatic ring is 1. The summed E-state index contributed by atoms with van der Waals surface area (Å²) in [7, 11) is 1.80. The van der Waals surface area contributed by atoms with Crippen LogP contribution in [0.1, 0.15) is 26.5 Å². The van der Waals surface area contributed by atoms with Crippen LogP contribution in [0.5, 0.6) is 0 Å². The van der Waals surface area contributed by atoms with Gasteiger partial charge in [0.25, 0.3) is 5.91 Å². The smallest absolute Gasteiger partial charge is 0.265 e. The second-order valence-corrected chi connectivity index (χ2v) is 5.58. The van der Waals surface area contributed by atoms with E-state index in [4.69, 9.17) is 5.73 Å². The van der Waals surface area contributed by atoms with E-state index >= 15 is 0 Å². The summed E-state index contributed by atoms with van der Waals surface area (Å²) in [6.07, 6.45) is 0. The summed E-state index contributed by atoms with van der Waals surface area (Å²) in [5, 5.41) is 0.435. The van der Waals surface area contributed by atoms with Crippen molar-refractivity contribution in [2.24, 2.45) is 0 Å². The maximum atomic E-state index is 12.3. The zero-order valence-corrected chi connectivity index (χ0v) is 12.1. The Kier molecular flexibility index (Phi) is 3.85. The van der Waals surface area contributed by atoms with Crippen molar-refractivity contribution in [3.8, 4) is 0 Å². The molecule has 4 nitrogen and oxygen atoms in total. The lowest BCUT2D eigenvalue weighted by atomic mass is 10.1. The zero-order valence-electron chi connectivity index (χ0n) is 11.3. The van der Waals surface area contributed by atoms with Gasteiger partial charge in [0.05, 0.1) is 5.69 Å². The molecule has 0 spiro atoms. The van der Waals surface area contributed by atoms with E-state index in [0.29, 0.717) is 22.2 Å². The molecular formula is C14H17N3OS. The molecule has 0 bridgehead atoms. The van der Waals surface area contributed by atoms with E-state index in [1.807, 2.05) is 38.1 Å². The van der Waals surface area contributed by atoms with E-state index in [-0.39, 0.29) is 5.91 Å². The Morgan fingerprint density at radius 1 is 1.37 bits per heavy atom. The van der Waals surface area contributed by atoms with Gasteiger partial charge in [0.15, 0.2) is 5.13 Å². The Bertz CT molecular complexity index is 606. The average Bonchev–Trinajstić information content (AvgIpc) is 2.70. The number of aromatic nitrogens is 1. The van der Waals surface area contributed by atoms with Crippen LogP contribution in [0, 0.1) is 13.8 Å². The highest BCUT2D eigenvalue weighted by Crippen LogP contribution is 2.22. The lowest BCUT2D eigenvalue weighted by Crippen LogP contribution is -2.26. The fourth-order valence-electron chi connectivity index (χ4n) is 1.90. The van der Waals surface area contributed by atoms with E-state index < -0.39 is 0 Å². The van der Waals surface area contributed by atoms with Crippen LogP contribution in [-0.2, 0) is 6.54 Å². The molecule has 2 N–H and O–H groups in total. The van der Waals surface area contributed by atoms with Crippen molar-refractivity contribution in [3.63, 3.8) is 0 Å². The van der Waals surface area contributed by atoms with Crippen LogP contribution in [0.25, 0.3) is 0 Å². The van der Waals surface area contributed by atoms with Crippen molar-refractivity contribution in [1.29, 1.82) is 0 Å². The molecule has 0 aliphatic heterocycles. The molecule has 0 aliphatic rings. The molecule has 0 aliphatic carbocycles. The third kappa shape index (κ3) is 2.93. The van der Waals surface area contributed by atoms with Crippen LogP contribution in [0.2, 0.25) is 0 Å². The molecule has 2 aromatic rings. The Morgan fingerprint density at radius 2 is 2.05 bits per heavy atom. The first-order valence-corrected chi connectivity index (χ1v) is 6.83. The number of hydrogen-bond donors (Lipinski definition) is 1. The summed E-state index contributed by atoms with van der Waals surface area (Å²) in [5.41, 5.74) is 8.66. The second kappa shape index (κ2) is 5.40. The number of benzene rings is 1. The van der Waals surface area contributed by atoms with Gasteiger partial charge in [-0.2, -0.15) is 0 Å². The van der Waals surface area contributed by atoms with Gasteiger partial charge in [-0.3, -0.25) is 4.79 Å². The SMILES string of the molecule is Cc1ccccc1CN(C)C(=O)c1sc(N)nc1C. The molecule has 0 unspecified atom stereocenters. The number of carbonyl (C=O) groups is 1. The molecule has 0 fully saturated rings. The summed E-state index contributed by atoms with van der Waals surface area (Å²) in [4.78, 5) is 18.7. The first-order chi connectivity index (χ1) is 8.99. The van der Waals surface area contributed by atoms with Gasteiger partial charge >= 0.3 is 0 Å². The van der Waals surface area contributed by atoms with Crippen molar-refractivity contribution in [1.82, 2.24) is 9.88 Å². The van der Waals surface area contributed by atoms with Crippen LogP contribution < -0.4 is 5.73 Å². The van der Waals surface area contributed by atoms with Gasteiger partial charge in [-0.25, -0.2) is 4.98 Å². The highest BCUT2D eigenvalue weighted by atomic mass is 32.1. The van der Waals surface area contributed by atoms with E-state index in [2.05, 4.69) is 4.98 Å². The van der Waals surface area contributed by atoms with Crippen molar-refractivity contribution >= 4 is 22.4 Å². The normalized spacial score (nSPS) is 10.5. The van der Waals surface area contributed by atoms with Crippen molar-refractivity contribution in [2.75, 3.05) is 12.8 Å². The maximum absolute atomic E-state index is 12.3. The molecule has 0 saturated heterocycles. The number of thiazole rings is 1. The minimum Gasteiger partial charge on any atom is -0.375 e. The van der Waals surface area contributed by atoms with Gasteiger partial charge in [0.2, 0.25) is 0 Å². The highest BCUT2D eigenvalue weighted by molar-refractivity contribution is 7.17. The fraction of sp³-hybridized carbons (Fsp3) is 0.286. The third-order valence-electron chi connectivity index (χ3n) is 3.02. The Labute approximate surface area is 116 Å². The maximum Gasteiger partial charge on any atom is 0.265 e. The largest absolute Gasteiger partial charge is 0.375 e. The van der Waals surface area contributed by atoms with Crippen molar-refractivity contribution in [3.05, 3.63) is 46.0 Å². The molecule has 1 heterocycles. The zero-order chi connectivity index (χ0) is 14.0. The van der Waals surface area contributed by atoms with Gasteiger partial charge < -0.3 is 10.6 Å². The molecule has 0 saturated carbocycles. The fourth-order valence-corrected chi connectivity index (χ4v) is 2.73. The van der Waals surface area contributed by atoms with Crippen LogP contribution in [-0.4, -0.2) is 22.8 Å². The molecule has 1 aromatic heterocycles. The Balaban J connectivity index is 2.16. The number of nitrogens with zero attached hydrogens (tertiary/aromatic N) is 2. The Hall–Kier alpha value is -1.88. The lowest BCUT2D eigenvalue weighted by Gasteiger charge is -2.17. The van der Waals surface area contributed by atoms with Crippen LogP contribution in [0.3, 0.4) is 0 Å². The van der Waals surface area contributed by atoms with Gasteiger partial charge in [0.1, 0.15) is 4.88 Å². The number of amides is 1. The third-order valence-corrected chi connectivity index (χ3v) is 4.00. The topological polar surface area (TPSA) is 59.2 Å². The molecule has 1 amide bonds. The van der Waals surface area contributed by atoms with Gasteiger partial charge in [0, 0.05) is 13.6 Å². The number of carbonyl (C=O) groups excluding carboxylic acids is 1. The van der Waals surface area contributed by atoms with Gasteiger partial charge in [-0.15, -0.1) is 0 Å². The summed E-state index contributed by atoms with van der Waals surface area (Å²) in [5.74, 6) is -0.0325. The average molecular weight is 275 g/mol. The van der Waals surface area contributed by atoms with Gasteiger partial charge in [-0.1, -0.05) is 35.6 Å². The van der Waals surface area contributed by atoms with Gasteiger partial charge in [-0.05, 0) is 25.0 Å². The molecule has 1 aromatic carbocycles. The number of anilines is 1. The quantitative estimate of drug-likeness (QED) is 0.936. The summed E-state index contributed by atoms with van der Waals surface area (Å²) < 4.78 is 0. The number of hydrogen-bond acceptors (Lipinski definition) is 4. The van der Waals surface area contributed by atoms with Crippen molar-refractivity contribution in [2.45, 2.75) is 20.4 Å². The molecule has 100 valence electrons. The number of rotatable bonds is 3. The van der Waals surface area contributed by atoms with E-state index in [1.165, 1.54) is 16.9 Å². The van der Waals surface area contributed by atoms with Crippen LogP contribution in [0.15, 0.2) is 24.3 Å². The predicted octanol–water partition coefficient (Wildman–Crippen LogP) is 2.61. The molecule has 0 atom stereocenters. The summed E-state index contributed by atoms with van der Waals surface area (Å²) in [6, 6.07) is 8.06. The summed E-state index contributed by atoms with van der Waals surface area (Å²) in [6.45, 7) is 4.44.